The van der Waals surface area contributed by atoms with Crippen LogP contribution in [0.25, 0.3) is 0 Å². The molecule has 4 nitrogen and oxygen atoms in total. The van der Waals surface area contributed by atoms with Gasteiger partial charge in [-0.3, -0.25) is 0 Å². The Morgan fingerprint density at radius 1 is 1.57 bits per heavy atom. The number of ether oxygens (including phenoxy) is 2. The molecule has 14 heavy (non-hydrogen) atoms. The van der Waals surface area contributed by atoms with Crippen LogP contribution < -0.4 is 0 Å². The highest BCUT2D eigenvalue weighted by Crippen LogP contribution is 1.96. The first-order chi connectivity index (χ1) is 6.74. The highest BCUT2D eigenvalue weighted by atomic mass is 16.7. The largest absolute Gasteiger partial charge is 0.509 e. The van der Waals surface area contributed by atoms with Crippen molar-refractivity contribution in [3.05, 3.63) is 24.3 Å². The molecular weight excluding hydrogens is 182 g/mol. The Kier molecular flexibility index (Phi) is 6.88. The zero-order chi connectivity index (χ0) is 10.8. The van der Waals surface area contributed by atoms with Crippen LogP contribution in [0.4, 0.5) is 4.79 Å². The molecule has 1 unspecified atom stereocenters. The molecule has 0 aliphatic rings. The SMILES string of the molecule is C/C=C/C=C/C(C#N)OC(=O)OCC. The zero-order valence-electron chi connectivity index (χ0n) is 8.27. The third-order valence-corrected chi connectivity index (χ3v) is 1.20. The van der Waals surface area contributed by atoms with Crippen molar-refractivity contribution in [2.75, 3.05) is 6.61 Å². The van der Waals surface area contributed by atoms with Gasteiger partial charge in [-0.2, -0.15) is 5.26 Å². The summed E-state index contributed by atoms with van der Waals surface area (Å²) in [5, 5.41) is 8.58. The lowest BCUT2D eigenvalue weighted by molar-refractivity contribution is 0.0535. The lowest BCUT2D eigenvalue weighted by atomic mass is 10.3. The van der Waals surface area contributed by atoms with Crippen molar-refractivity contribution < 1.29 is 14.3 Å². The van der Waals surface area contributed by atoms with E-state index in [1.807, 2.05) is 6.92 Å². The van der Waals surface area contributed by atoms with Crippen molar-refractivity contribution in [1.82, 2.24) is 0 Å². The van der Waals surface area contributed by atoms with Gasteiger partial charge in [0, 0.05) is 0 Å². The van der Waals surface area contributed by atoms with Crippen molar-refractivity contribution >= 4 is 6.16 Å². The number of allylic oxidation sites excluding steroid dienone is 3. The van der Waals surface area contributed by atoms with Crippen LogP contribution in [-0.4, -0.2) is 18.9 Å². The Morgan fingerprint density at radius 3 is 2.79 bits per heavy atom. The van der Waals surface area contributed by atoms with Crippen molar-refractivity contribution in [3.63, 3.8) is 0 Å². The summed E-state index contributed by atoms with van der Waals surface area (Å²) in [6.07, 6.45) is 4.91. The van der Waals surface area contributed by atoms with Gasteiger partial charge in [0.1, 0.15) is 6.07 Å². The topological polar surface area (TPSA) is 59.3 Å². The number of hydrogen-bond acceptors (Lipinski definition) is 4. The van der Waals surface area contributed by atoms with Gasteiger partial charge in [0.25, 0.3) is 0 Å². The van der Waals surface area contributed by atoms with Gasteiger partial charge in [-0.15, -0.1) is 0 Å². The summed E-state index contributed by atoms with van der Waals surface area (Å²) in [4.78, 5) is 10.8. The van der Waals surface area contributed by atoms with Crippen LogP contribution in [0.5, 0.6) is 0 Å². The fourth-order valence-electron chi connectivity index (χ4n) is 0.640. The number of rotatable bonds is 4. The molecule has 0 aliphatic heterocycles. The van der Waals surface area contributed by atoms with E-state index in [4.69, 9.17) is 5.26 Å². The van der Waals surface area contributed by atoms with E-state index >= 15 is 0 Å². The number of carbonyl (C=O) groups is 1. The average Bonchev–Trinajstić information content (AvgIpc) is 2.17. The van der Waals surface area contributed by atoms with E-state index in [2.05, 4.69) is 9.47 Å². The third-order valence-electron chi connectivity index (χ3n) is 1.20. The van der Waals surface area contributed by atoms with Gasteiger partial charge < -0.3 is 9.47 Å². The molecule has 0 fully saturated rings. The molecule has 0 rings (SSSR count). The maximum atomic E-state index is 10.8. The Hall–Kier alpha value is -1.76. The quantitative estimate of drug-likeness (QED) is 0.509. The first-order valence-corrected chi connectivity index (χ1v) is 4.27. The predicted molar refractivity (Wildman–Crippen MR) is 51.5 cm³/mol. The Balaban J connectivity index is 4.04. The van der Waals surface area contributed by atoms with Gasteiger partial charge in [0.15, 0.2) is 0 Å². The molecule has 0 aromatic heterocycles. The lowest BCUT2D eigenvalue weighted by Crippen LogP contribution is -2.15. The fraction of sp³-hybridized carbons (Fsp3) is 0.400. The fourth-order valence-corrected chi connectivity index (χ4v) is 0.640. The minimum absolute atomic E-state index is 0.232. The van der Waals surface area contributed by atoms with E-state index < -0.39 is 12.3 Å². The molecule has 0 saturated heterocycles. The summed E-state index contributed by atoms with van der Waals surface area (Å²) in [6.45, 7) is 3.74. The van der Waals surface area contributed by atoms with Crippen LogP contribution in [0.1, 0.15) is 13.8 Å². The van der Waals surface area contributed by atoms with Crippen molar-refractivity contribution in [2.24, 2.45) is 0 Å². The van der Waals surface area contributed by atoms with Gasteiger partial charge in [-0.25, -0.2) is 4.79 Å². The van der Waals surface area contributed by atoms with Crippen molar-refractivity contribution in [3.8, 4) is 6.07 Å². The van der Waals surface area contributed by atoms with E-state index in [-0.39, 0.29) is 6.61 Å². The molecular formula is C10H13NO3. The van der Waals surface area contributed by atoms with Gasteiger partial charge in [-0.05, 0) is 19.9 Å². The number of carbonyl (C=O) groups excluding carboxylic acids is 1. The molecule has 4 heteroatoms. The van der Waals surface area contributed by atoms with Crippen molar-refractivity contribution in [2.45, 2.75) is 20.0 Å². The smallest absolute Gasteiger partial charge is 0.435 e. The maximum absolute atomic E-state index is 10.8. The highest BCUT2D eigenvalue weighted by molar-refractivity contribution is 5.60. The lowest BCUT2D eigenvalue weighted by Gasteiger charge is -2.05. The molecule has 76 valence electrons. The molecule has 0 saturated carbocycles. The van der Waals surface area contributed by atoms with E-state index in [1.54, 1.807) is 31.2 Å². The number of nitriles is 1. The van der Waals surface area contributed by atoms with E-state index in [0.717, 1.165) is 0 Å². The van der Waals surface area contributed by atoms with Gasteiger partial charge in [0.05, 0.1) is 6.61 Å². The Bertz CT molecular complexity index is 263. The van der Waals surface area contributed by atoms with E-state index in [9.17, 15) is 4.79 Å². The molecule has 0 bridgehead atoms. The average molecular weight is 195 g/mol. The molecule has 0 aliphatic carbocycles. The summed E-state index contributed by atoms with van der Waals surface area (Å²) in [7, 11) is 0. The van der Waals surface area contributed by atoms with Gasteiger partial charge >= 0.3 is 6.16 Å². The first kappa shape index (κ1) is 12.2. The molecule has 0 aromatic carbocycles. The second-order valence-electron chi connectivity index (χ2n) is 2.26. The molecule has 0 aromatic rings. The summed E-state index contributed by atoms with van der Waals surface area (Å²) in [5.74, 6) is 0. The van der Waals surface area contributed by atoms with E-state index in [0.29, 0.717) is 0 Å². The standard InChI is InChI=1S/C10H13NO3/c1-3-5-6-7-9(8-11)14-10(12)13-4-2/h3,5-7,9H,4H2,1-2H3/b5-3+,7-6+. The van der Waals surface area contributed by atoms with Gasteiger partial charge in [-0.1, -0.05) is 18.2 Å². The van der Waals surface area contributed by atoms with E-state index in [1.165, 1.54) is 6.08 Å². The summed E-state index contributed by atoms with van der Waals surface area (Å²) >= 11 is 0. The second-order valence-corrected chi connectivity index (χ2v) is 2.26. The monoisotopic (exact) mass is 195 g/mol. The molecule has 0 heterocycles. The molecule has 1 atom stereocenters. The minimum Gasteiger partial charge on any atom is -0.435 e. The normalized spacial score (nSPS) is 12.6. The maximum Gasteiger partial charge on any atom is 0.509 e. The Labute approximate surface area is 83.4 Å². The number of nitrogens with zero attached hydrogens (tertiary/aromatic N) is 1. The van der Waals surface area contributed by atoms with Crippen LogP contribution >= 0.6 is 0 Å². The van der Waals surface area contributed by atoms with Crippen molar-refractivity contribution in [1.29, 1.82) is 5.26 Å². The summed E-state index contributed by atoms with van der Waals surface area (Å²) < 4.78 is 9.16. The van der Waals surface area contributed by atoms with Crippen LogP contribution in [0.15, 0.2) is 24.3 Å². The molecule has 0 radical (unpaired) electrons. The summed E-state index contributed by atoms with van der Waals surface area (Å²) in [5.41, 5.74) is 0. The first-order valence-electron chi connectivity index (χ1n) is 4.27. The highest BCUT2D eigenvalue weighted by Gasteiger charge is 2.09. The molecule has 0 amide bonds. The predicted octanol–water partition coefficient (Wildman–Crippen LogP) is 2.18. The number of hydrogen-bond donors (Lipinski definition) is 0. The van der Waals surface area contributed by atoms with Gasteiger partial charge in [0.2, 0.25) is 6.10 Å². The molecule has 0 spiro atoms. The van der Waals surface area contributed by atoms with Crippen LogP contribution in [-0.2, 0) is 9.47 Å². The third kappa shape index (κ3) is 5.84. The summed E-state index contributed by atoms with van der Waals surface area (Å²) in [6, 6.07) is 1.81. The minimum atomic E-state index is -0.898. The Morgan fingerprint density at radius 2 is 2.29 bits per heavy atom. The van der Waals surface area contributed by atoms with Crippen LogP contribution in [0.2, 0.25) is 0 Å². The molecule has 0 N–H and O–H groups in total. The second kappa shape index (κ2) is 7.87. The van der Waals surface area contributed by atoms with Crippen LogP contribution in [0.3, 0.4) is 0 Å². The van der Waals surface area contributed by atoms with Crippen LogP contribution in [0, 0.1) is 11.3 Å². The zero-order valence-corrected chi connectivity index (χ0v) is 8.27.